The van der Waals surface area contributed by atoms with Gasteiger partial charge in [0.25, 0.3) is 0 Å². The number of esters is 1. The predicted molar refractivity (Wildman–Crippen MR) is 71.8 cm³/mol. The zero-order valence-corrected chi connectivity index (χ0v) is 11.6. The van der Waals surface area contributed by atoms with Crippen LogP contribution in [0, 0.1) is 0 Å². The van der Waals surface area contributed by atoms with Crippen LogP contribution in [0.1, 0.15) is 20.3 Å². The van der Waals surface area contributed by atoms with Gasteiger partial charge in [0.2, 0.25) is 5.88 Å². The number of aromatic nitrogens is 1. The van der Waals surface area contributed by atoms with E-state index < -0.39 is 0 Å². The summed E-state index contributed by atoms with van der Waals surface area (Å²) in [4.78, 5) is 15.3. The minimum Gasteiger partial charge on any atom is -0.473 e. The number of nitrogen functional groups attached to an aromatic ring is 1. The lowest BCUT2D eigenvalue weighted by Gasteiger charge is -2.11. The number of hydrogen-bond acceptors (Lipinski definition) is 6. The molecule has 18 heavy (non-hydrogen) atoms. The van der Waals surface area contributed by atoms with E-state index in [2.05, 4.69) is 9.72 Å². The minimum atomic E-state index is -0.225. The summed E-state index contributed by atoms with van der Waals surface area (Å²) < 4.78 is 10.1. The zero-order chi connectivity index (χ0) is 13.5. The van der Waals surface area contributed by atoms with Crippen LogP contribution in [0.3, 0.4) is 0 Å². The van der Waals surface area contributed by atoms with Gasteiger partial charge < -0.3 is 15.2 Å². The fourth-order valence-corrected chi connectivity index (χ4v) is 1.96. The molecule has 0 aromatic carbocycles. The van der Waals surface area contributed by atoms with E-state index in [9.17, 15) is 4.79 Å². The molecule has 0 spiro atoms. The summed E-state index contributed by atoms with van der Waals surface area (Å²) in [7, 11) is 1.38. The van der Waals surface area contributed by atoms with Crippen molar-refractivity contribution in [2.75, 3.05) is 18.6 Å². The maximum Gasteiger partial charge on any atom is 0.306 e. The topological polar surface area (TPSA) is 74.4 Å². The highest BCUT2D eigenvalue weighted by Gasteiger charge is 2.07. The first-order valence-electron chi connectivity index (χ1n) is 5.65. The summed E-state index contributed by atoms with van der Waals surface area (Å²) >= 11 is 1.47. The van der Waals surface area contributed by atoms with Gasteiger partial charge in [-0.1, -0.05) is 0 Å². The van der Waals surface area contributed by atoms with E-state index in [0.29, 0.717) is 23.7 Å². The zero-order valence-electron chi connectivity index (χ0n) is 10.8. The van der Waals surface area contributed by atoms with E-state index in [-0.39, 0.29) is 12.1 Å². The monoisotopic (exact) mass is 270 g/mol. The lowest BCUT2D eigenvalue weighted by molar-refractivity contribution is -0.140. The number of nitrogens with zero attached hydrogens (tertiary/aromatic N) is 1. The van der Waals surface area contributed by atoms with Crippen LogP contribution >= 0.6 is 11.8 Å². The Morgan fingerprint density at radius 2 is 2.22 bits per heavy atom. The number of ether oxygens (including phenoxy) is 2. The number of rotatable bonds is 6. The number of methoxy groups -OCH3 is 1. The van der Waals surface area contributed by atoms with Gasteiger partial charge >= 0.3 is 5.97 Å². The standard InChI is InChI=1S/C12H18N2O3S/c1-8(2)17-12-9(13)4-5-10(14-12)18-7-6-11(15)16-3/h4-5,8H,6-7,13H2,1-3H3. The first kappa shape index (κ1) is 14.6. The molecule has 0 amide bonds. The normalized spacial score (nSPS) is 10.4. The second-order valence-electron chi connectivity index (χ2n) is 3.89. The summed E-state index contributed by atoms with van der Waals surface area (Å²) in [5, 5.41) is 0.781. The van der Waals surface area contributed by atoms with E-state index in [1.54, 1.807) is 6.07 Å². The van der Waals surface area contributed by atoms with Crippen molar-refractivity contribution in [1.82, 2.24) is 4.98 Å². The summed E-state index contributed by atoms with van der Waals surface area (Å²) in [6.07, 6.45) is 0.378. The SMILES string of the molecule is COC(=O)CCSc1ccc(N)c(OC(C)C)n1. The average Bonchev–Trinajstić information content (AvgIpc) is 2.32. The third-order valence-electron chi connectivity index (χ3n) is 2.00. The highest BCUT2D eigenvalue weighted by molar-refractivity contribution is 7.99. The molecule has 2 N–H and O–H groups in total. The molecule has 0 aliphatic carbocycles. The second-order valence-corrected chi connectivity index (χ2v) is 5.00. The third-order valence-corrected chi connectivity index (χ3v) is 2.93. The van der Waals surface area contributed by atoms with Crippen LogP contribution in [0.2, 0.25) is 0 Å². The van der Waals surface area contributed by atoms with Crippen molar-refractivity contribution in [1.29, 1.82) is 0 Å². The summed E-state index contributed by atoms with van der Waals surface area (Å²) in [5.74, 6) is 0.828. The van der Waals surface area contributed by atoms with Crippen molar-refractivity contribution in [2.24, 2.45) is 0 Å². The Hall–Kier alpha value is -1.43. The predicted octanol–water partition coefficient (Wildman–Crippen LogP) is 2.11. The van der Waals surface area contributed by atoms with Crippen LogP contribution in [-0.2, 0) is 9.53 Å². The molecule has 5 nitrogen and oxygen atoms in total. The second kappa shape index (κ2) is 7.10. The number of nitrogens with two attached hydrogens (primary N) is 1. The van der Waals surface area contributed by atoms with Gasteiger partial charge in [-0.15, -0.1) is 11.8 Å². The molecule has 1 aromatic heterocycles. The van der Waals surface area contributed by atoms with Crippen molar-refractivity contribution in [3.63, 3.8) is 0 Å². The molecule has 1 aromatic rings. The number of hydrogen-bond donors (Lipinski definition) is 1. The van der Waals surface area contributed by atoms with E-state index in [0.717, 1.165) is 5.03 Å². The molecule has 0 bridgehead atoms. The van der Waals surface area contributed by atoms with Gasteiger partial charge in [-0.2, -0.15) is 0 Å². The number of carbonyl (C=O) groups is 1. The molecule has 0 atom stereocenters. The fraction of sp³-hybridized carbons (Fsp3) is 0.500. The van der Waals surface area contributed by atoms with Gasteiger partial charge in [0.1, 0.15) is 5.03 Å². The Bertz CT molecular complexity index is 410. The van der Waals surface area contributed by atoms with Gasteiger partial charge in [-0.25, -0.2) is 4.98 Å². The number of thioether (sulfide) groups is 1. The average molecular weight is 270 g/mol. The quantitative estimate of drug-likeness (QED) is 0.630. The van der Waals surface area contributed by atoms with Gasteiger partial charge in [-0.05, 0) is 26.0 Å². The minimum absolute atomic E-state index is 0.0233. The highest BCUT2D eigenvalue weighted by atomic mass is 32.2. The molecule has 1 heterocycles. The molecule has 0 fully saturated rings. The Morgan fingerprint density at radius 3 is 2.83 bits per heavy atom. The third kappa shape index (κ3) is 4.83. The molecular formula is C12H18N2O3S. The summed E-state index contributed by atoms with van der Waals surface area (Å²) in [6, 6.07) is 3.57. The van der Waals surface area contributed by atoms with Crippen LogP contribution < -0.4 is 10.5 Å². The maximum atomic E-state index is 11.0. The Labute approximate surface area is 111 Å². The molecule has 0 unspecified atom stereocenters. The number of pyridine rings is 1. The van der Waals surface area contributed by atoms with Crippen LogP contribution in [0.15, 0.2) is 17.2 Å². The molecule has 0 saturated carbocycles. The van der Waals surface area contributed by atoms with Crippen LogP contribution in [0.5, 0.6) is 5.88 Å². The van der Waals surface area contributed by atoms with E-state index >= 15 is 0 Å². The number of anilines is 1. The van der Waals surface area contributed by atoms with E-state index in [1.807, 2.05) is 19.9 Å². The van der Waals surface area contributed by atoms with Crippen molar-refractivity contribution in [3.8, 4) is 5.88 Å². The molecule has 100 valence electrons. The smallest absolute Gasteiger partial charge is 0.306 e. The van der Waals surface area contributed by atoms with Crippen molar-refractivity contribution in [3.05, 3.63) is 12.1 Å². The Morgan fingerprint density at radius 1 is 1.50 bits per heavy atom. The van der Waals surface area contributed by atoms with Crippen LogP contribution in [0.4, 0.5) is 5.69 Å². The van der Waals surface area contributed by atoms with Crippen molar-refractivity contribution < 1.29 is 14.3 Å². The van der Waals surface area contributed by atoms with Gasteiger partial charge in [0.05, 0.1) is 25.3 Å². The molecule has 0 aliphatic rings. The van der Waals surface area contributed by atoms with Gasteiger partial charge in [-0.3, -0.25) is 4.79 Å². The first-order valence-corrected chi connectivity index (χ1v) is 6.64. The lowest BCUT2D eigenvalue weighted by atomic mass is 10.4. The first-order chi connectivity index (χ1) is 8.52. The molecule has 0 aliphatic heterocycles. The van der Waals surface area contributed by atoms with Crippen molar-refractivity contribution in [2.45, 2.75) is 31.4 Å². The molecule has 0 radical (unpaired) electrons. The number of carbonyl (C=O) groups excluding carboxylic acids is 1. The van der Waals surface area contributed by atoms with E-state index in [4.69, 9.17) is 10.5 Å². The Balaban J connectivity index is 2.58. The Kier molecular flexibility index (Phi) is 5.77. The largest absolute Gasteiger partial charge is 0.473 e. The lowest BCUT2D eigenvalue weighted by Crippen LogP contribution is -2.09. The maximum absolute atomic E-state index is 11.0. The molecule has 1 rings (SSSR count). The fourth-order valence-electron chi connectivity index (χ4n) is 1.17. The van der Waals surface area contributed by atoms with Gasteiger partial charge in [0, 0.05) is 5.75 Å². The molecular weight excluding hydrogens is 252 g/mol. The highest BCUT2D eigenvalue weighted by Crippen LogP contribution is 2.25. The van der Waals surface area contributed by atoms with Crippen LogP contribution in [-0.4, -0.2) is 29.9 Å². The molecule has 0 saturated heterocycles. The molecule has 6 heteroatoms. The van der Waals surface area contributed by atoms with Crippen LogP contribution in [0.25, 0.3) is 0 Å². The van der Waals surface area contributed by atoms with E-state index in [1.165, 1.54) is 18.9 Å². The van der Waals surface area contributed by atoms with Gasteiger partial charge in [0.15, 0.2) is 0 Å². The summed E-state index contributed by atoms with van der Waals surface area (Å²) in [5.41, 5.74) is 6.28. The summed E-state index contributed by atoms with van der Waals surface area (Å²) in [6.45, 7) is 3.83. The van der Waals surface area contributed by atoms with Crippen molar-refractivity contribution >= 4 is 23.4 Å².